The van der Waals surface area contributed by atoms with Gasteiger partial charge in [-0.3, -0.25) is 9.79 Å². The zero-order valence-electron chi connectivity index (χ0n) is 12.4. The Labute approximate surface area is 125 Å². The fourth-order valence-corrected chi connectivity index (χ4v) is 2.38. The van der Waals surface area contributed by atoms with Crippen LogP contribution in [0.1, 0.15) is 24.8 Å². The molecule has 0 aromatic heterocycles. The van der Waals surface area contributed by atoms with Crippen LogP contribution >= 0.6 is 0 Å². The minimum absolute atomic E-state index is 0.0537. The highest BCUT2D eigenvalue weighted by Crippen LogP contribution is 2.31. The predicted molar refractivity (Wildman–Crippen MR) is 86.6 cm³/mol. The molecule has 1 aromatic rings. The summed E-state index contributed by atoms with van der Waals surface area (Å²) in [5.41, 5.74) is 2.05. The third-order valence-corrected chi connectivity index (χ3v) is 3.33. The highest BCUT2D eigenvalue weighted by molar-refractivity contribution is 5.94. The Kier molecular flexibility index (Phi) is 5.37. The molecule has 1 amide bonds. The Morgan fingerprint density at radius 3 is 3.05 bits per heavy atom. The maximum Gasteiger partial charge on any atom is 0.225 e. The Balaban J connectivity index is 2.10. The summed E-state index contributed by atoms with van der Waals surface area (Å²) in [5, 5.41) is 9.25. The summed E-state index contributed by atoms with van der Waals surface area (Å²) in [6.45, 7) is 7.74. The number of nitrogens with one attached hydrogen (secondary N) is 3. The second-order valence-corrected chi connectivity index (χ2v) is 4.93. The van der Waals surface area contributed by atoms with Gasteiger partial charge in [0, 0.05) is 31.1 Å². The fraction of sp³-hybridized carbons (Fsp3) is 0.375. The maximum absolute atomic E-state index is 11.8. The lowest BCUT2D eigenvalue weighted by atomic mass is 9.91. The molecule has 0 saturated heterocycles. The van der Waals surface area contributed by atoms with Crippen molar-refractivity contribution in [2.45, 2.75) is 19.3 Å². The fourth-order valence-electron chi connectivity index (χ4n) is 2.38. The van der Waals surface area contributed by atoms with Gasteiger partial charge >= 0.3 is 0 Å². The van der Waals surface area contributed by atoms with Gasteiger partial charge in [-0.25, -0.2) is 0 Å². The normalized spacial score (nSPS) is 17.7. The van der Waals surface area contributed by atoms with Gasteiger partial charge in [0.05, 0.1) is 6.54 Å². The van der Waals surface area contributed by atoms with Crippen LogP contribution < -0.4 is 16.0 Å². The van der Waals surface area contributed by atoms with Crippen molar-refractivity contribution >= 4 is 17.6 Å². The molecule has 1 aliphatic heterocycles. The molecule has 0 spiro atoms. The van der Waals surface area contributed by atoms with E-state index in [0.29, 0.717) is 19.5 Å². The molecule has 0 radical (unpaired) electrons. The highest BCUT2D eigenvalue weighted by Gasteiger charge is 2.24. The van der Waals surface area contributed by atoms with Gasteiger partial charge in [0.1, 0.15) is 0 Å². The van der Waals surface area contributed by atoms with E-state index in [-0.39, 0.29) is 11.8 Å². The Morgan fingerprint density at radius 2 is 2.29 bits per heavy atom. The number of anilines is 1. The van der Waals surface area contributed by atoms with E-state index in [1.807, 2.05) is 25.1 Å². The van der Waals surface area contributed by atoms with Crippen LogP contribution in [-0.2, 0) is 4.79 Å². The van der Waals surface area contributed by atoms with Crippen LogP contribution in [0, 0.1) is 0 Å². The third kappa shape index (κ3) is 4.08. The molecule has 2 rings (SSSR count). The third-order valence-electron chi connectivity index (χ3n) is 3.33. The van der Waals surface area contributed by atoms with E-state index in [9.17, 15) is 4.79 Å². The van der Waals surface area contributed by atoms with Crippen LogP contribution in [0.2, 0.25) is 0 Å². The van der Waals surface area contributed by atoms with Crippen molar-refractivity contribution in [3.63, 3.8) is 0 Å². The predicted octanol–water partition coefficient (Wildman–Crippen LogP) is 1.85. The number of para-hydroxylation sites is 1. The topological polar surface area (TPSA) is 65.5 Å². The molecule has 0 aliphatic carbocycles. The Morgan fingerprint density at radius 1 is 1.48 bits per heavy atom. The number of aliphatic imine (C=N–C) groups is 1. The molecule has 0 bridgehead atoms. The number of rotatable bonds is 5. The first-order valence-electron chi connectivity index (χ1n) is 7.26. The average Bonchev–Trinajstić information content (AvgIpc) is 2.49. The summed E-state index contributed by atoms with van der Waals surface area (Å²) in [6.07, 6.45) is 2.26. The van der Waals surface area contributed by atoms with Gasteiger partial charge in [-0.1, -0.05) is 24.3 Å². The van der Waals surface area contributed by atoms with E-state index in [1.54, 1.807) is 6.08 Å². The molecule has 0 saturated carbocycles. The SMILES string of the molecule is C=CCNC(=NCC1CC(=O)Nc2ccccc21)NCC. The Bertz CT molecular complexity index is 539. The first kappa shape index (κ1) is 15.1. The Hall–Kier alpha value is -2.30. The van der Waals surface area contributed by atoms with E-state index in [1.165, 1.54) is 0 Å². The van der Waals surface area contributed by atoms with Crippen molar-refractivity contribution < 1.29 is 4.79 Å². The summed E-state index contributed by atoms with van der Waals surface area (Å²) < 4.78 is 0. The van der Waals surface area contributed by atoms with E-state index in [2.05, 4.69) is 33.6 Å². The van der Waals surface area contributed by atoms with E-state index in [4.69, 9.17) is 0 Å². The molecule has 5 nitrogen and oxygen atoms in total. The van der Waals surface area contributed by atoms with Gasteiger partial charge in [-0.05, 0) is 18.6 Å². The lowest BCUT2D eigenvalue weighted by Gasteiger charge is -2.24. The minimum Gasteiger partial charge on any atom is -0.357 e. The lowest BCUT2D eigenvalue weighted by Crippen LogP contribution is -2.37. The standard InChI is InChI=1S/C16H22N4O/c1-3-9-18-16(17-4-2)19-11-12-10-15(21)20-14-8-6-5-7-13(12)14/h3,5-8,12H,1,4,9-11H2,2H3,(H,20,21)(H2,17,18,19). The molecule has 1 atom stereocenters. The molecule has 5 heteroatoms. The number of benzene rings is 1. The minimum atomic E-state index is 0.0537. The van der Waals surface area contributed by atoms with Crippen molar-refractivity contribution in [3.05, 3.63) is 42.5 Å². The number of carbonyl (C=O) groups is 1. The van der Waals surface area contributed by atoms with Gasteiger partial charge in [-0.15, -0.1) is 6.58 Å². The number of guanidine groups is 1. The quantitative estimate of drug-likeness (QED) is 0.440. The van der Waals surface area contributed by atoms with E-state index in [0.717, 1.165) is 23.8 Å². The molecule has 3 N–H and O–H groups in total. The lowest BCUT2D eigenvalue weighted by molar-refractivity contribution is -0.116. The summed E-state index contributed by atoms with van der Waals surface area (Å²) in [7, 11) is 0. The average molecular weight is 286 g/mol. The van der Waals surface area contributed by atoms with Crippen LogP contribution in [0.15, 0.2) is 41.9 Å². The van der Waals surface area contributed by atoms with E-state index < -0.39 is 0 Å². The largest absolute Gasteiger partial charge is 0.357 e. The van der Waals surface area contributed by atoms with Crippen molar-refractivity contribution in [3.8, 4) is 0 Å². The molecule has 1 aromatic carbocycles. The van der Waals surface area contributed by atoms with Crippen molar-refractivity contribution in [1.82, 2.24) is 10.6 Å². The smallest absolute Gasteiger partial charge is 0.225 e. The van der Waals surface area contributed by atoms with Gasteiger partial charge in [0.25, 0.3) is 0 Å². The summed E-state index contributed by atoms with van der Waals surface area (Å²) in [4.78, 5) is 16.3. The molecule has 21 heavy (non-hydrogen) atoms. The van der Waals surface area contributed by atoms with Crippen LogP contribution in [0.3, 0.4) is 0 Å². The molecule has 1 aliphatic rings. The van der Waals surface area contributed by atoms with Crippen LogP contribution in [0.5, 0.6) is 0 Å². The number of amides is 1. The summed E-state index contributed by atoms with van der Waals surface area (Å²) in [5.74, 6) is 0.924. The first-order chi connectivity index (χ1) is 10.2. The van der Waals surface area contributed by atoms with Crippen molar-refractivity contribution in [2.75, 3.05) is 25.0 Å². The monoisotopic (exact) mass is 286 g/mol. The maximum atomic E-state index is 11.8. The van der Waals surface area contributed by atoms with Crippen molar-refractivity contribution in [2.24, 2.45) is 4.99 Å². The number of nitrogens with zero attached hydrogens (tertiary/aromatic N) is 1. The molecular formula is C16H22N4O. The van der Waals surface area contributed by atoms with Gasteiger partial charge in [0.2, 0.25) is 5.91 Å². The molecule has 1 unspecified atom stereocenters. The van der Waals surface area contributed by atoms with Gasteiger partial charge in [0.15, 0.2) is 5.96 Å². The molecule has 112 valence electrons. The van der Waals surface area contributed by atoms with E-state index >= 15 is 0 Å². The first-order valence-corrected chi connectivity index (χ1v) is 7.26. The number of hydrogen-bond donors (Lipinski definition) is 3. The second-order valence-electron chi connectivity index (χ2n) is 4.93. The highest BCUT2D eigenvalue weighted by atomic mass is 16.1. The second kappa shape index (κ2) is 7.47. The number of fused-ring (bicyclic) bond motifs is 1. The number of carbonyl (C=O) groups excluding carboxylic acids is 1. The van der Waals surface area contributed by atoms with Crippen LogP contribution in [0.25, 0.3) is 0 Å². The van der Waals surface area contributed by atoms with Crippen molar-refractivity contribution in [1.29, 1.82) is 0 Å². The zero-order chi connectivity index (χ0) is 15.1. The molecule has 1 heterocycles. The number of hydrogen-bond acceptors (Lipinski definition) is 2. The zero-order valence-corrected chi connectivity index (χ0v) is 12.4. The molecule has 0 fully saturated rings. The van der Waals surface area contributed by atoms with Gasteiger partial charge in [-0.2, -0.15) is 0 Å². The summed E-state index contributed by atoms with van der Waals surface area (Å²) >= 11 is 0. The van der Waals surface area contributed by atoms with Crippen LogP contribution in [-0.4, -0.2) is 31.5 Å². The molecular weight excluding hydrogens is 264 g/mol. The summed E-state index contributed by atoms with van der Waals surface area (Å²) in [6, 6.07) is 7.91. The van der Waals surface area contributed by atoms with Gasteiger partial charge < -0.3 is 16.0 Å². The van der Waals surface area contributed by atoms with Crippen LogP contribution in [0.4, 0.5) is 5.69 Å².